The van der Waals surface area contributed by atoms with Gasteiger partial charge in [0.1, 0.15) is 11.4 Å². The van der Waals surface area contributed by atoms with Crippen LogP contribution in [-0.2, 0) is 0 Å². The molecule has 0 atom stereocenters. The number of amides is 1. The average molecular weight is 400 g/mol. The van der Waals surface area contributed by atoms with Crippen LogP contribution in [-0.4, -0.2) is 34.4 Å². The normalized spacial score (nSPS) is 10.8. The number of hydrazone groups is 1. The lowest BCUT2D eigenvalue weighted by atomic mass is 10.1. The van der Waals surface area contributed by atoms with Gasteiger partial charge in [-0.3, -0.25) is 20.0 Å². The van der Waals surface area contributed by atoms with E-state index < -0.39 is 10.8 Å². The Kier molecular flexibility index (Phi) is 5.66. The number of aromatic nitrogens is 2. The molecule has 0 aliphatic heterocycles. The van der Waals surface area contributed by atoms with E-state index in [0.717, 1.165) is 5.56 Å². The number of carbonyl (C=O) groups is 1. The maximum absolute atomic E-state index is 12.2. The molecule has 0 bridgehead atoms. The van der Waals surface area contributed by atoms with Gasteiger partial charge in [-0.2, -0.15) is 10.2 Å². The molecule has 9 nitrogen and oxygen atoms in total. The van der Waals surface area contributed by atoms with Crippen molar-refractivity contribution in [2.24, 2.45) is 5.10 Å². The third kappa shape index (κ3) is 4.33. The van der Waals surface area contributed by atoms with Gasteiger partial charge in [0.25, 0.3) is 11.6 Å². The van der Waals surface area contributed by atoms with Gasteiger partial charge in [0, 0.05) is 28.3 Å². The van der Waals surface area contributed by atoms with Gasteiger partial charge < -0.3 is 4.74 Å². The van der Waals surface area contributed by atoms with Crippen molar-refractivity contribution in [2.75, 3.05) is 7.11 Å². The van der Waals surface area contributed by atoms with Gasteiger partial charge in [-0.05, 0) is 36.4 Å². The van der Waals surface area contributed by atoms with E-state index in [1.165, 1.54) is 24.4 Å². The molecule has 28 heavy (non-hydrogen) atoms. The number of carbonyl (C=O) groups excluding carboxylic acids is 1. The molecule has 0 fully saturated rings. The third-order valence-corrected chi connectivity index (χ3v) is 4.11. The summed E-state index contributed by atoms with van der Waals surface area (Å²) in [5.74, 6) is 0.191. The van der Waals surface area contributed by atoms with Crippen LogP contribution in [0.1, 0.15) is 16.1 Å². The second-order valence-corrected chi connectivity index (χ2v) is 5.96. The fraction of sp³-hybridized carbons (Fsp3) is 0.0556. The van der Waals surface area contributed by atoms with Gasteiger partial charge in [0.2, 0.25) is 0 Å². The Morgan fingerprint density at radius 1 is 1.29 bits per heavy atom. The number of benzene rings is 2. The van der Waals surface area contributed by atoms with Crippen LogP contribution in [0, 0.1) is 10.1 Å². The lowest BCUT2D eigenvalue weighted by Crippen LogP contribution is -2.18. The number of non-ortho nitro benzene ring substituents is 1. The zero-order valence-corrected chi connectivity index (χ0v) is 15.3. The van der Waals surface area contributed by atoms with Crippen molar-refractivity contribution in [3.8, 4) is 17.0 Å². The van der Waals surface area contributed by atoms with Crippen molar-refractivity contribution in [2.45, 2.75) is 0 Å². The average Bonchev–Trinajstić information content (AvgIpc) is 3.19. The standard InChI is InChI=1S/C18H14ClN5O4/c1-28-14-5-2-11(3-6-14)16-9-17(22-21-16)18(25)23-20-10-12-8-13(24(26)27)4-7-15(12)19/h2-10H,1H3,(H,21,22)(H,23,25). The van der Waals surface area contributed by atoms with E-state index in [-0.39, 0.29) is 16.4 Å². The Labute approximate surface area is 164 Å². The number of nitro benzene ring substituents is 1. The van der Waals surface area contributed by atoms with Crippen molar-refractivity contribution in [1.82, 2.24) is 15.6 Å². The highest BCUT2D eigenvalue weighted by Gasteiger charge is 2.11. The molecule has 3 aromatic rings. The summed E-state index contributed by atoms with van der Waals surface area (Å²) >= 11 is 5.97. The number of methoxy groups -OCH3 is 1. The van der Waals surface area contributed by atoms with E-state index in [0.29, 0.717) is 17.0 Å². The first-order valence-corrected chi connectivity index (χ1v) is 8.33. The Morgan fingerprint density at radius 2 is 2.04 bits per heavy atom. The van der Waals surface area contributed by atoms with Crippen LogP contribution < -0.4 is 10.2 Å². The van der Waals surface area contributed by atoms with E-state index >= 15 is 0 Å². The van der Waals surface area contributed by atoms with Crippen LogP contribution in [0.25, 0.3) is 11.3 Å². The smallest absolute Gasteiger partial charge is 0.289 e. The minimum absolute atomic E-state index is 0.130. The van der Waals surface area contributed by atoms with Gasteiger partial charge in [-0.1, -0.05) is 11.6 Å². The largest absolute Gasteiger partial charge is 0.497 e. The molecule has 0 radical (unpaired) electrons. The number of hydrogen-bond donors (Lipinski definition) is 2. The maximum atomic E-state index is 12.2. The molecule has 3 rings (SSSR count). The molecule has 2 N–H and O–H groups in total. The monoisotopic (exact) mass is 399 g/mol. The zero-order valence-electron chi connectivity index (χ0n) is 14.5. The highest BCUT2D eigenvalue weighted by atomic mass is 35.5. The lowest BCUT2D eigenvalue weighted by Gasteiger charge is -2.00. The van der Waals surface area contributed by atoms with Crippen molar-refractivity contribution in [3.63, 3.8) is 0 Å². The third-order valence-electron chi connectivity index (χ3n) is 3.77. The van der Waals surface area contributed by atoms with E-state index in [9.17, 15) is 14.9 Å². The SMILES string of the molecule is COc1ccc(-c2cc(C(=O)NN=Cc3cc([N+](=O)[O-])ccc3Cl)[nH]n2)cc1. The molecule has 0 aliphatic rings. The summed E-state index contributed by atoms with van der Waals surface area (Å²) in [6.07, 6.45) is 1.23. The topological polar surface area (TPSA) is 123 Å². The van der Waals surface area contributed by atoms with Crippen LogP contribution in [0.5, 0.6) is 5.75 Å². The predicted molar refractivity (Wildman–Crippen MR) is 104 cm³/mol. The van der Waals surface area contributed by atoms with Gasteiger partial charge >= 0.3 is 0 Å². The molecule has 1 aromatic heterocycles. The van der Waals surface area contributed by atoms with Crippen LogP contribution in [0.2, 0.25) is 5.02 Å². The Morgan fingerprint density at radius 3 is 2.71 bits per heavy atom. The molecule has 0 unspecified atom stereocenters. The number of halogens is 1. The summed E-state index contributed by atoms with van der Waals surface area (Å²) in [4.78, 5) is 22.5. The summed E-state index contributed by atoms with van der Waals surface area (Å²) in [6, 6.07) is 12.7. The highest BCUT2D eigenvalue weighted by Crippen LogP contribution is 2.22. The fourth-order valence-electron chi connectivity index (χ4n) is 2.31. The molecule has 1 heterocycles. The van der Waals surface area contributed by atoms with Gasteiger partial charge in [-0.25, -0.2) is 5.43 Å². The molecule has 0 saturated carbocycles. The van der Waals surface area contributed by atoms with Gasteiger partial charge in [0.15, 0.2) is 0 Å². The number of nitrogens with zero attached hydrogens (tertiary/aromatic N) is 3. The Bertz CT molecular complexity index is 1050. The molecule has 142 valence electrons. The summed E-state index contributed by atoms with van der Waals surface area (Å²) < 4.78 is 5.10. The Hall–Kier alpha value is -3.72. The number of rotatable bonds is 6. The molecular formula is C18H14ClN5O4. The maximum Gasteiger partial charge on any atom is 0.289 e. The number of aromatic amines is 1. The number of ether oxygens (including phenoxy) is 1. The van der Waals surface area contributed by atoms with Gasteiger partial charge in [-0.15, -0.1) is 0 Å². The summed E-state index contributed by atoms with van der Waals surface area (Å²) in [5, 5.41) is 21.6. The van der Waals surface area contributed by atoms with Crippen molar-refractivity contribution in [3.05, 3.63) is 74.9 Å². The second-order valence-electron chi connectivity index (χ2n) is 5.56. The summed E-state index contributed by atoms with van der Waals surface area (Å²) in [6.45, 7) is 0. The van der Waals surface area contributed by atoms with Gasteiger partial charge in [0.05, 0.1) is 23.9 Å². The number of H-pyrrole nitrogens is 1. The van der Waals surface area contributed by atoms with Crippen molar-refractivity contribution in [1.29, 1.82) is 0 Å². The number of hydrogen-bond acceptors (Lipinski definition) is 6. The molecule has 2 aromatic carbocycles. The molecule has 0 aliphatic carbocycles. The van der Waals surface area contributed by atoms with Crippen LogP contribution >= 0.6 is 11.6 Å². The minimum atomic E-state index is -0.544. The molecule has 0 saturated heterocycles. The fourth-order valence-corrected chi connectivity index (χ4v) is 2.48. The number of nitro groups is 1. The molecule has 0 spiro atoms. The second kappa shape index (κ2) is 8.31. The molecule has 10 heteroatoms. The first-order chi connectivity index (χ1) is 13.5. The van der Waals surface area contributed by atoms with E-state index in [2.05, 4.69) is 20.7 Å². The first-order valence-electron chi connectivity index (χ1n) is 7.95. The van der Waals surface area contributed by atoms with Crippen molar-refractivity contribution >= 4 is 29.4 Å². The van der Waals surface area contributed by atoms with Crippen LogP contribution in [0.4, 0.5) is 5.69 Å². The summed E-state index contributed by atoms with van der Waals surface area (Å²) in [5.41, 5.74) is 4.08. The lowest BCUT2D eigenvalue weighted by molar-refractivity contribution is -0.384. The quantitative estimate of drug-likeness (QED) is 0.373. The number of nitrogens with one attached hydrogen (secondary N) is 2. The van der Waals surface area contributed by atoms with Crippen molar-refractivity contribution < 1.29 is 14.5 Å². The van der Waals surface area contributed by atoms with E-state index in [1.54, 1.807) is 25.3 Å². The van der Waals surface area contributed by atoms with Crippen LogP contribution in [0.3, 0.4) is 0 Å². The van der Waals surface area contributed by atoms with E-state index in [1.807, 2.05) is 12.1 Å². The molecule has 1 amide bonds. The minimum Gasteiger partial charge on any atom is -0.497 e. The Balaban J connectivity index is 1.68. The molecular weight excluding hydrogens is 386 g/mol. The predicted octanol–water partition coefficient (Wildman–Crippen LogP) is 3.41. The zero-order chi connectivity index (χ0) is 20.1. The highest BCUT2D eigenvalue weighted by molar-refractivity contribution is 6.33. The van der Waals surface area contributed by atoms with E-state index in [4.69, 9.17) is 16.3 Å². The van der Waals surface area contributed by atoms with Crippen LogP contribution in [0.15, 0.2) is 53.6 Å². The first kappa shape index (κ1) is 19.1. The summed E-state index contributed by atoms with van der Waals surface area (Å²) in [7, 11) is 1.58.